The van der Waals surface area contributed by atoms with Crippen LogP contribution >= 0.6 is 0 Å². The van der Waals surface area contributed by atoms with Crippen molar-refractivity contribution in [1.29, 1.82) is 0 Å². The summed E-state index contributed by atoms with van der Waals surface area (Å²) in [6, 6.07) is 10.9. The van der Waals surface area contributed by atoms with E-state index in [0.717, 1.165) is 37.8 Å². The second-order valence-corrected chi connectivity index (χ2v) is 7.68. The molecule has 1 aliphatic carbocycles. The zero-order valence-electron chi connectivity index (χ0n) is 15.0. The number of nitrogens with zero attached hydrogens (tertiary/aromatic N) is 3. The minimum absolute atomic E-state index is 0.854. The summed E-state index contributed by atoms with van der Waals surface area (Å²) in [7, 11) is 0. The lowest BCUT2D eigenvalue weighted by Gasteiger charge is -2.30. The van der Waals surface area contributed by atoms with Crippen LogP contribution in [0.2, 0.25) is 0 Å². The molecule has 25 heavy (non-hydrogen) atoms. The molecule has 3 heterocycles. The third-order valence-corrected chi connectivity index (χ3v) is 6.04. The Kier molecular flexibility index (Phi) is 3.37. The topological polar surface area (TPSA) is 21.1 Å². The highest BCUT2D eigenvalue weighted by Crippen LogP contribution is 2.37. The molecule has 1 aliphatic heterocycles. The van der Waals surface area contributed by atoms with Gasteiger partial charge in [0.2, 0.25) is 0 Å². The molecular formula is C22H24N3. The van der Waals surface area contributed by atoms with Gasteiger partial charge in [-0.1, -0.05) is 24.3 Å². The molecule has 5 rings (SSSR count). The SMILES string of the molecule is Cc1c(C)n(CC2CC2)c2c(N3CCc4ccccc4C3)n[c]cc12. The first-order valence-corrected chi connectivity index (χ1v) is 9.40. The molecule has 0 atom stereocenters. The standard InChI is InChI=1S/C22H24N3/c1-15-16(2)25(13-17-7-8-17)21-20(15)9-11-23-22(21)24-12-10-18-5-3-4-6-19(18)14-24/h3-6,9,17H,7-8,10,12-14H2,1-2H3. The van der Waals surface area contributed by atoms with E-state index >= 15 is 0 Å². The summed E-state index contributed by atoms with van der Waals surface area (Å²) in [4.78, 5) is 7.17. The predicted molar refractivity (Wildman–Crippen MR) is 102 cm³/mol. The average Bonchev–Trinajstić information content (AvgIpc) is 3.44. The van der Waals surface area contributed by atoms with Gasteiger partial charge in [-0.3, -0.25) is 0 Å². The number of hydrogen-bond donors (Lipinski definition) is 0. The van der Waals surface area contributed by atoms with Crippen LogP contribution in [0.1, 0.15) is 35.2 Å². The number of aromatic nitrogens is 2. The number of pyridine rings is 1. The monoisotopic (exact) mass is 330 g/mol. The highest BCUT2D eigenvalue weighted by molar-refractivity contribution is 5.93. The van der Waals surface area contributed by atoms with Crippen LogP contribution in [0.4, 0.5) is 5.82 Å². The normalized spacial score (nSPS) is 17.1. The Balaban J connectivity index is 1.63. The fourth-order valence-electron chi connectivity index (χ4n) is 4.20. The first kappa shape index (κ1) is 15.0. The van der Waals surface area contributed by atoms with Crippen molar-refractivity contribution >= 4 is 16.7 Å². The van der Waals surface area contributed by atoms with Crippen LogP contribution in [0.3, 0.4) is 0 Å². The zero-order valence-corrected chi connectivity index (χ0v) is 15.0. The van der Waals surface area contributed by atoms with Gasteiger partial charge in [0, 0.05) is 30.7 Å². The Hall–Kier alpha value is -2.29. The van der Waals surface area contributed by atoms with Crippen LogP contribution in [0, 0.1) is 26.0 Å². The molecule has 3 aromatic rings. The molecule has 0 amide bonds. The van der Waals surface area contributed by atoms with Gasteiger partial charge in [-0.15, -0.1) is 0 Å². The molecule has 0 spiro atoms. The Labute approximate surface area is 149 Å². The van der Waals surface area contributed by atoms with E-state index in [1.54, 1.807) is 0 Å². The number of aryl methyl sites for hydroxylation is 1. The predicted octanol–water partition coefficient (Wildman–Crippen LogP) is 4.43. The van der Waals surface area contributed by atoms with Gasteiger partial charge in [-0.25, -0.2) is 4.98 Å². The molecule has 0 saturated heterocycles. The van der Waals surface area contributed by atoms with Crippen molar-refractivity contribution in [3.63, 3.8) is 0 Å². The minimum Gasteiger partial charge on any atom is -0.350 e. The smallest absolute Gasteiger partial charge is 0.154 e. The van der Waals surface area contributed by atoms with E-state index in [9.17, 15) is 0 Å². The molecule has 3 nitrogen and oxygen atoms in total. The van der Waals surface area contributed by atoms with Crippen LogP contribution in [0.15, 0.2) is 30.3 Å². The molecule has 1 saturated carbocycles. The van der Waals surface area contributed by atoms with Gasteiger partial charge in [0.1, 0.15) is 0 Å². The van der Waals surface area contributed by atoms with Crippen LogP contribution in [0.5, 0.6) is 0 Å². The van der Waals surface area contributed by atoms with E-state index in [1.165, 1.54) is 46.1 Å². The zero-order chi connectivity index (χ0) is 17.0. The lowest BCUT2D eigenvalue weighted by atomic mass is 10.00. The molecule has 2 aliphatic rings. The lowest BCUT2D eigenvalue weighted by molar-refractivity contribution is 0.628. The lowest BCUT2D eigenvalue weighted by Crippen LogP contribution is -2.31. The van der Waals surface area contributed by atoms with E-state index in [2.05, 4.69) is 59.8 Å². The van der Waals surface area contributed by atoms with Gasteiger partial charge in [-0.05, 0) is 61.8 Å². The van der Waals surface area contributed by atoms with Gasteiger partial charge in [-0.2, -0.15) is 0 Å². The second kappa shape index (κ2) is 5.62. The largest absolute Gasteiger partial charge is 0.350 e. The van der Waals surface area contributed by atoms with Crippen molar-refractivity contribution in [2.24, 2.45) is 5.92 Å². The molecule has 0 unspecified atom stereocenters. The van der Waals surface area contributed by atoms with Crippen LogP contribution in [-0.4, -0.2) is 16.1 Å². The fraction of sp³-hybridized carbons (Fsp3) is 0.409. The second-order valence-electron chi connectivity index (χ2n) is 7.68. The molecular weight excluding hydrogens is 306 g/mol. The maximum Gasteiger partial charge on any atom is 0.154 e. The van der Waals surface area contributed by atoms with Gasteiger partial charge in [0.25, 0.3) is 0 Å². The number of hydrogen-bond acceptors (Lipinski definition) is 2. The molecule has 0 N–H and O–H groups in total. The van der Waals surface area contributed by atoms with E-state index in [-0.39, 0.29) is 0 Å². The molecule has 2 aromatic heterocycles. The van der Waals surface area contributed by atoms with Crippen LogP contribution in [0.25, 0.3) is 10.9 Å². The average molecular weight is 330 g/mol. The summed E-state index contributed by atoms with van der Waals surface area (Å²) < 4.78 is 2.53. The first-order chi connectivity index (χ1) is 12.2. The van der Waals surface area contributed by atoms with Gasteiger partial charge >= 0.3 is 0 Å². The van der Waals surface area contributed by atoms with Crippen molar-refractivity contribution in [3.05, 3.63) is 58.9 Å². The third kappa shape index (κ3) is 2.45. The number of fused-ring (bicyclic) bond motifs is 2. The molecule has 1 fully saturated rings. The van der Waals surface area contributed by atoms with E-state index in [4.69, 9.17) is 4.98 Å². The number of rotatable bonds is 3. The Morgan fingerprint density at radius 1 is 1.16 bits per heavy atom. The maximum absolute atomic E-state index is 4.73. The van der Waals surface area contributed by atoms with Gasteiger partial charge in [0.15, 0.2) is 5.82 Å². The highest BCUT2D eigenvalue weighted by Gasteiger charge is 2.27. The first-order valence-electron chi connectivity index (χ1n) is 9.40. The summed E-state index contributed by atoms with van der Waals surface area (Å²) in [5.74, 6) is 1.97. The fourth-order valence-corrected chi connectivity index (χ4v) is 4.20. The summed E-state index contributed by atoms with van der Waals surface area (Å²) >= 11 is 0. The molecule has 0 bridgehead atoms. The van der Waals surface area contributed by atoms with Gasteiger partial charge < -0.3 is 9.47 Å². The van der Waals surface area contributed by atoms with E-state index in [1.807, 2.05) is 0 Å². The number of benzene rings is 1. The molecule has 3 heteroatoms. The van der Waals surface area contributed by atoms with E-state index < -0.39 is 0 Å². The summed E-state index contributed by atoms with van der Waals surface area (Å²) in [6.45, 7) is 7.61. The van der Waals surface area contributed by atoms with E-state index in [0.29, 0.717) is 0 Å². The Morgan fingerprint density at radius 3 is 2.76 bits per heavy atom. The Bertz CT molecular complexity index is 949. The summed E-state index contributed by atoms with van der Waals surface area (Å²) in [5, 5.41) is 1.32. The van der Waals surface area contributed by atoms with Crippen molar-refractivity contribution in [2.45, 2.75) is 46.2 Å². The number of anilines is 1. The van der Waals surface area contributed by atoms with Gasteiger partial charge in [0.05, 0.1) is 11.7 Å². The van der Waals surface area contributed by atoms with Crippen molar-refractivity contribution < 1.29 is 0 Å². The maximum atomic E-state index is 4.73. The van der Waals surface area contributed by atoms with Crippen molar-refractivity contribution in [3.8, 4) is 0 Å². The summed E-state index contributed by atoms with van der Waals surface area (Å²) in [5.41, 5.74) is 7.01. The highest BCUT2D eigenvalue weighted by atomic mass is 15.2. The molecule has 1 radical (unpaired) electrons. The summed E-state index contributed by atoms with van der Waals surface area (Å²) in [6.07, 6.45) is 7.01. The Morgan fingerprint density at radius 2 is 1.96 bits per heavy atom. The molecule has 1 aromatic carbocycles. The quantitative estimate of drug-likeness (QED) is 0.708. The van der Waals surface area contributed by atoms with Crippen LogP contribution < -0.4 is 4.90 Å². The van der Waals surface area contributed by atoms with Crippen molar-refractivity contribution in [2.75, 3.05) is 11.4 Å². The molecule has 127 valence electrons. The minimum atomic E-state index is 0.854. The van der Waals surface area contributed by atoms with Crippen LogP contribution in [-0.2, 0) is 19.5 Å². The van der Waals surface area contributed by atoms with Crippen molar-refractivity contribution in [1.82, 2.24) is 9.55 Å². The third-order valence-electron chi connectivity index (χ3n) is 6.04.